The third-order valence-corrected chi connectivity index (χ3v) is 8.66. The van der Waals surface area contributed by atoms with Gasteiger partial charge in [0.25, 0.3) is 5.91 Å². The summed E-state index contributed by atoms with van der Waals surface area (Å²) in [5, 5.41) is 9.27. The second-order valence-electron chi connectivity index (χ2n) is 13.5. The summed E-state index contributed by atoms with van der Waals surface area (Å²) >= 11 is 6.58. The number of benzene rings is 2. The van der Waals surface area contributed by atoms with Crippen molar-refractivity contribution in [2.75, 3.05) is 50.0 Å². The number of Topliss-reactive ketones (excluding diaryl/α,β-unsaturated/α-hetero) is 1. The minimum atomic E-state index is -4.60. The Kier molecular flexibility index (Phi) is 12.9. The monoisotopic (exact) mass is 755 g/mol. The third kappa shape index (κ3) is 12.2. The van der Waals surface area contributed by atoms with Gasteiger partial charge in [-0.25, -0.2) is 0 Å². The number of aromatic nitrogens is 3. The number of alkyl halides is 3. The zero-order chi connectivity index (χ0) is 38.0. The van der Waals surface area contributed by atoms with Crippen LogP contribution in [0.15, 0.2) is 77.0 Å². The molecule has 8 rings (SSSR count). The Labute approximate surface area is 310 Å². The van der Waals surface area contributed by atoms with Gasteiger partial charge in [-0.3, -0.25) is 14.4 Å². The van der Waals surface area contributed by atoms with E-state index >= 15 is 0 Å². The van der Waals surface area contributed by atoms with Crippen molar-refractivity contribution >= 4 is 46.8 Å². The largest absolute Gasteiger partial charge is 0.496 e. The zero-order valence-corrected chi connectivity index (χ0v) is 30.1. The van der Waals surface area contributed by atoms with E-state index in [9.17, 15) is 27.6 Å². The lowest BCUT2D eigenvalue weighted by molar-refractivity contribution is -0.154. The second-order valence-corrected chi connectivity index (χ2v) is 13.9. The number of carbonyl (C=O) groups is 3. The van der Waals surface area contributed by atoms with Crippen LogP contribution in [-0.4, -0.2) is 83.0 Å². The number of nitrogens with one attached hydrogen (secondary N) is 3. The van der Waals surface area contributed by atoms with Crippen molar-refractivity contribution in [2.24, 2.45) is 5.41 Å². The van der Waals surface area contributed by atoms with Gasteiger partial charge < -0.3 is 30.3 Å². The van der Waals surface area contributed by atoms with Gasteiger partial charge in [0.05, 0.1) is 11.6 Å². The van der Waals surface area contributed by atoms with E-state index in [1.165, 1.54) is 0 Å². The molecule has 0 unspecified atom stereocenters. The first kappa shape index (κ1) is 39.0. The van der Waals surface area contributed by atoms with Gasteiger partial charge in [-0.2, -0.15) is 28.1 Å². The third-order valence-electron chi connectivity index (χ3n) is 8.34. The normalized spacial score (nSPS) is 17.1. The van der Waals surface area contributed by atoms with Crippen LogP contribution in [0.1, 0.15) is 66.7 Å². The predicted molar refractivity (Wildman–Crippen MR) is 193 cm³/mol. The van der Waals surface area contributed by atoms with E-state index in [1.807, 2.05) is 19.9 Å². The number of nitrogens with zero attached hydrogens (tertiary/aromatic N) is 4. The topological polar surface area (TPSA) is 148 Å². The van der Waals surface area contributed by atoms with E-state index in [4.69, 9.17) is 21.1 Å². The van der Waals surface area contributed by atoms with Crippen LogP contribution in [0, 0.1) is 5.41 Å². The van der Waals surface area contributed by atoms with Gasteiger partial charge in [-0.1, -0.05) is 55.8 Å². The number of anilines is 3. The molecule has 12 nitrogen and oxygen atoms in total. The number of amides is 2. The molecule has 0 atom stereocenters. The molecule has 0 saturated heterocycles. The van der Waals surface area contributed by atoms with E-state index in [0.29, 0.717) is 60.0 Å². The van der Waals surface area contributed by atoms with Crippen molar-refractivity contribution in [1.29, 1.82) is 0 Å². The van der Waals surface area contributed by atoms with E-state index in [-0.39, 0.29) is 62.0 Å². The van der Waals surface area contributed by atoms with E-state index in [0.717, 1.165) is 5.57 Å². The lowest BCUT2D eigenvalue weighted by atomic mass is 9.92. The van der Waals surface area contributed by atoms with Crippen LogP contribution in [0.5, 0.6) is 6.01 Å². The molecular weight excluding hydrogens is 715 g/mol. The molecule has 53 heavy (non-hydrogen) atoms. The molecule has 1 aliphatic carbocycles. The summed E-state index contributed by atoms with van der Waals surface area (Å²) in [5.74, 6) is -0.140. The Hall–Kier alpha value is -5.18. The number of ether oxygens (including phenoxy) is 2. The van der Waals surface area contributed by atoms with Crippen LogP contribution < -0.4 is 20.7 Å². The van der Waals surface area contributed by atoms with Crippen LogP contribution in [0.4, 0.5) is 30.8 Å². The minimum Gasteiger partial charge on any atom is -0.496 e. The lowest BCUT2D eigenvalue weighted by Gasteiger charge is -2.33. The highest BCUT2D eigenvalue weighted by atomic mass is 35.5. The van der Waals surface area contributed by atoms with Crippen molar-refractivity contribution in [3.8, 4) is 6.01 Å². The van der Waals surface area contributed by atoms with Crippen molar-refractivity contribution < 1.29 is 37.0 Å². The molecule has 5 heterocycles. The molecule has 282 valence electrons. The summed E-state index contributed by atoms with van der Waals surface area (Å²) in [6.45, 7) is 3.74. The van der Waals surface area contributed by atoms with Crippen molar-refractivity contribution in [2.45, 2.75) is 52.1 Å². The molecule has 0 saturated carbocycles. The van der Waals surface area contributed by atoms with Gasteiger partial charge >= 0.3 is 12.2 Å². The molecule has 1 aromatic heterocycles. The summed E-state index contributed by atoms with van der Waals surface area (Å²) in [6.07, 6.45) is -1.15. The number of hydrogen-bond donors (Lipinski definition) is 3. The number of allylic oxidation sites excluding steroid dienone is 3. The van der Waals surface area contributed by atoms with Crippen LogP contribution in [0.3, 0.4) is 0 Å². The Balaban J connectivity index is 1.34. The summed E-state index contributed by atoms with van der Waals surface area (Å²) in [7, 11) is 0. The van der Waals surface area contributed by atoms with E-state index < -0.39 is 24.2 Å². The van der Waals surface area contributed by atoms with Gasteiger partial charge in [-0.15, -0.1) is 0 Å². The molecule has 0 fully saturated rings. The first-order chi connectivity index (χ1) is 25.2. The maximum absolute atomic E-state index is 13.5. The summed E-state index contributed by atoms with van der Waals surface area (Å²) in [6, 6.07) is 14.7. The number of ketones is 1. The Morgan fingerprint density at radius 3 is 2.43 bits per heavy atom. The van der Waals surface area contributed by atoms with Crippen molar-refractivity contribution in [1.82, 2.24) is 25.2 Å². The molecule has 5 aliphatic rings. The Bertz CT molecular complexity index is 1840. The minimum absolute atomic E-state index is 0.0284. The molecule has 2 amide bonds. The molecule has 0 spiro atoms. The fraction of sp³-hybridized carbons (Fsp3) is 0.405. The smallest absolute Gasteiger partial charge is 0.422 e. The first-order valence-corrected chi connectivity index (χ1v) is 17.5. The van der Waals surface area contributed by atoms with Crippen LogP contribution in [0.2, 0.25) is 0 Å². The SMILES string of the molecule is CC1(C)CNC(=O)c2ccc(cc2)Nc2nc(nc(OCC(F)(F)F)n2)NCC2=CC(Cl)=C(CC2)OCCCN(C(=O)CCC(=O)c2ccccc2)C1. The van der Waals surface area contributed by atoms with E-state index in [2.05, 4.69) is 30.9 Å². The number of halogens is 4. The highest BCUT2D eigenvalue weighted by molar-refractivity contribution is 6.31. The molecule has 4 aliphatic heterocycles. The Morgan fingerprint density at radius 1 is 0.981 bits per heavy atom. The van der Waals surface area contributed by atoms with Crippen molar-refractivity contribution in [3.63, 3.8) is 0 Å². The average molecular weight is 756 g/mol. The standard InChI is InChI=1S/C37H41ClF3N7O5/c1-36(2)21-43-32(51)26-10-12-27(13-11-26)44-34-45-33(46-35(47-34)53-23-37(39,40)41)42-20-24-9-15-30(28(38)19-24)52-18-6-17-48(22-36)31(50)16-14-29(49)25-7-4-3-5-8-25/h3-5,7-8,10-13,19H,6,9,14-18,20-23H2,1-2H3,(H,43,51)(H2,42,44,45,46,47). The fourth-order valence-electron chi connectivity index (χ4n) is 5.62. The van der Waals surface area contributed by atoms with Gasteiger partial charge in [0, 0.05) is 62.3 Å². The number of hydrogen-bond acceptors (Lipinski definition) is 10. The van der Waals surface area contributed by atoms with Crippen LogP contribution >= 0.6 is 11.6 Å². The maximum Gasteiger partial charge on any atom is 0.422 e. The van der Waals surface area contributed by atoms with Crippen molar-refractivity contribution in [3.05, 3.63) is 88.2 Å². The molecule has 3 aromatic rings. The molecule has 6 bridgehead atoms. The van der Waals surface area contributed by atoms with Gasteiger partial charge in [-0.05, 0) is 54.2 Å². The van der Waals surface area contributed by atoms with Crippen LogP contribution in [-0.2, 0) is 9.53 Å². The molecule has 0 radical (unpaired) electrons. The van der Waals surface area contributed by atoms with Gasteiger partial charge in [0.2, 0.25) is 17.8 Å². The summed E-state index contributed by atoms with van der Waals surface area (Å²) < 4.78 is 49.6. The number of carbonyl (C=O) groups excluding carboxylic acids is 3. The highest BCUT2D eigenvalue weighted by Gasteiger charge is 2.30. The predicted octanol–water partition coefficient (Wildman–Crippen LogP) is 6.81. The molecular formula is C37H41ClF3N7O5. The average Bonchev–Trinajstić information content (AvgIpc) is 3.13. The molecule has 16 heteroatoms. The molecule has 3 N–H and O–H groups in total. The lowest BCUT2D eigenvalue weighted by Crippen LogP contribution is -2.45. The van der Waals surface area contributed by atoms with E-state index in [1.54, 1.807) is 59.5 Å². The Morgan fingerprint density at radius 2 is 1.72 bits per heavy atom. The van der Waals surface area contributed by atoms with Gasteiger partial charge in [0.15, 0.2) is 12.4 Å². The van der Waals surface area contributed by atoms with Gasteiger partial charge in [0.1, 0.15) is 5.76 Å². The number of rotatable bonds is 6. The quantitative estimate of drug-likeness (QED) is 0.229. The zero-order valence-electron chi connectivity index (χ0n) is 29.4. The van der Waals surface area contributed by atoms with Crippen LogP contribution in [0.25, 0.3) is 0 Å². The molecule has 2 aromatic carbocycles. The fourth-order valence-corrected chi connectivity index (χ4v) is 5.92. The second kappa shape index (κ2) is 17.6. The maximum atomic E-state index is 13.5. The highest BCUT2D eigenvalue weighted by Crippen LogP contribution is 2.28. The first-order valence-electron chi connectivity index (χ1n) is 17.1. The summed E-state index contributed by atoms with van der Waals surface area (Å²) in [5.41, 5.74) is 1.69. The summed E-state index contributed by atoms with van der Waals surface area (Å²) in [4.78, 5) is 53.4.